The number of hydrogen-bond donors (Lipinski definition) is 2. The maximum atomic E-state index is 13.7. The van der Waals surface area contributed by atoms with E-state index in [1.54, 1.807) is 11.8 Å². The van der Waals surface area contributed by atoms with Gasteiger partial charge in [0, 0.05) is 23.6 Å². The summed E-state index contributed by atoms with van der Waals surface area (Å²) in [5.41, 5.74) is 1.59. The van der Waals surface area contributed by atoms with Crippen molar-refractivity contribution in [2.75, 3.05) is 0 Å². The molecule has 0 aromatic carbocycles. The van der Waals surface area contributed by atoms with Gasteiger partial charge in [0.2, 0.25) is 5.91 Å². The fraction of sp³-hybridized carbons (Fsp3) is 0.643. The quantitative estimate of drug-likeness (QED) is 0.257. The van der Waals surface area contributed by atoms with Crippen LogP contribution in [0.2, 0.25) is 0 Å². The first-order chi connectivity index (χ1) is 15.8. The smallest absolute Gasteiger partial charge is 0.344 e. The maximum absolute atomic E-state index is 13.7. The van der Waals surface area contributed by atoms with Gasteiger partial charge in [0.1, 0.15) is 4.91 Å². The van der Waals surface area contributed by atoms with Crippen LogP contribution in [0.4, 0.5) is 0 Å². The van der Waals surface area contributed by atoms with E-state index in [1.807, 2.05) is 20.8 Å². The van der Waals surface area contributed by atoms with Crippen molar-refractivity contribution in [1.29, 1.82) is 0 Å². The molecule has 188 valence electrons. The van der Waals surface area contributed by atoms with Gasteiger partial charge in [0.05, 0.1) is 11.0 Å². The van der Waals surface area contributed by atoms with Gasteiger partial charge in [-0.05, 0) is 85.0 Å². The Morgan fingerprint density at radius 1 is 1.24 bits per heavy atom. The molecule has 6 heteroatoms. The average Bonchev–Trinajstić information content (AvgIpc) is 2.73. The number of aliphatic carboxylic acids is 1. The third kappa shape index (κ3) is 8.36. The topological polar surface area (TPSA) is 77.8 Å². The molecule has 0 bridgehead atoms. The number of carbonyl (C=O) groups excluding carboxylic acids is 1. The maximum Gasteiger partial charge on any atom is 0.344 e. The van der Waals surface area contributed by atoms with E-state index in [9.17, 15) is 19.8 Å². The molecule has 1 fully saturated rings. The molecule has 0 aromatic heterocycles. The second kappa shape index (κ2) is 12.1. The lowest BCUT2D eigenvalue weighted by molar-refractivity contribution is -0.134. The highest BCUT2D eigenvalue weighted by Crippen LogP contribution is 2.36. The predicted molar refractivity (Wildman–Crippen MR) is 140 cm³/mol. The molecular weight excluding hydrogens is 446 g/mol. The lowest BCUT2D eigenvalue weighted by atomic mass is 9.79. The number of aliphatic hydroxyl groups excluding tert-OH is 1. The Morgan fingerprint density at radius 3 is 2.38 bits per heavy atom. The molecule has 2 aliphatic carbocycles. The Morgan fingerprint density at radius 2 is 1.85 bits per heavy atom. The van der Waals surface area contributed by atoms with Crippen LogP contribution in [-0.2, 0) is 9.59 Å². The van der Waals surface area contributed by atoms with E-state index >= 15 is 0 Å². The molecule has 0 aromatic rings. The zero-order chi connectivity index (χ0) is 25.6. The van der Waals surface area contributed by atoms with Gasteiger partial charge in [-0.25, -0.2) is 4.79 Å². The number of nitrogens with zero attached hydrogens (tertiary/aromatic N) is 1. The molecule has 0 heterocycles. The van der Waals surface area contributed by atoms with Gasteiger partial charge in [0.15, 0.2) is 0 Å². The fourth-order valence-corrected chi connectivity index (χ4v) is 5.40. The summed E-state index contributed by atoms with van der Waals surface area (Å²) in [7, 11) is 0. The standard InChI is InChI=1S/C28H41NO4S/c1-18-8-9-22(19(2)16-18)17-25(31)29(23-10-12-24(30)13-11-23)21(4)26(27(32)33)34-20(3)14-15-28(5,6)7/h8,19,22-24,30H,3,9-13,16-17H2,1-2,4-7H3,(H,32,33)/b26-21+/t19-,22+,23?,24?/m1/s1. The van der Waals surface area contributed by atoms with Crippen molar-refractivity contribution < 1.29 is 19.8 Å². The highest BCUT2D eigenvalue weighted by atomic mass is 32.2. The third-order valence-corrected chi connectivity index (χ3v) is 7.66. The van der Waals surface area contributed by atoms with Gasteiger partial charge in [-0.15, -0.1) is 0 Å². The van der Waals surface area contributed by atoms with Gasteiger partial charge in [-0.3, -0.25) is 4.79 Å². The molecule has 0 aliphatic heterocycles. The van der Waals surface area contributed by atoms with Crippen molar-refractivity contribution in [2.45, 2.75) is 98.6 Å². The number of allylic oxidation sites excluding steroid dienone is 4. The Hall–Kier alpha value is -1.97. The SMILES string of the molecule is C=C(C#CC(C)(C)C)S/C(C(=O)O)=C(\C)N(C(=O)C[C@@H]1CC=C(C)C[C@H]1C)C1CCC(O)CC1. The van der Waals surface area contributed by atoms with Gasteiger partial charge in [-0.2, -0.15) is 0 Å². The summed E-state index contributed by atoms with van der Waals surface area (Å²) in [5.74, 6) is 5.60. The zero-order valence-corrected chi connectivity index (χ0v) is 22.4. The van der Waals surface area contributed by atoms with Crippen LogP contribution in [0.5, 0.6) is 0 Å². The van der Waals surface area contributed by atoms with E-state index in [2.05, 4.69) is 38.3 Å². The molecule has 5 nitrogen and oxygen atoms in total. The summed E-state index contributed by atoms with van der Waals surface area (Å²) in [6.07, 6.45) is 6.67. The van der Waals surface area contributed by atoms with Gasteiger partial charge in [-0.1, -0.05) is 48.8 Å². The molecular formula is C28H41NO4S. The summed E-state index contributed by atoms with van der Waals surface area (Å²) in [5, 5.41) is 20.0. The third-order valence-electron chi connectivity index (χ3n) is 6.64. The normalized spacial score (nSPS) is 25.9. The van der Waals surface area contributed by atoms with E-state index < -0.39 is 5.97 Å². The first kappa shape index (κ1) is 28.3. The molecule has 0 radical (unpaired) electrons. The highest BCUT2D eigenvalue weighted by Gasteiger charge is 2.34. The molecule has 2 aliphatic rings. The molecule has 0 unspecified atom stereocenters. The second-order valence-corrected chi connectivity index (χ2v) is 12.0. The second-order valence-electron chi connectivity index (χ2n) is 10.9. The number of aliphatic hydroxyl groups is 1. The summed E-state index contributed by atoms with van der Waals surface area (Å²) in [4.78, 5) is 28.2. The Balaban J connectivity index is 2.36. The van der Waals surface area contributed by atoms with Crippen LogP contribution in [0, 0.1) is 29.1 Å². The Kier molecular flexibility index (Phi) is 10.1. The molecule has 2 rings (SSSR count). The summed E-state index contributed by atoms with van der Waals surface area (Å²) in [6, 6.07) is -0.115. The number of thioether (sulfide) groups is 1. The molecule has 2 N–H and O–H groups in total. The largest absolute Gasteiger partial charge is 0.477 e. The first-order valence-corrected chi connectivity index (χ1v) is 13.1. The number of amides is 1. The van der Waals surface area contributed by atoms with Crippen LogP contribution < -0.4 is 0 Å². The van der Waals surface area contributed by atoms with Crippen LogP contribution >= 0.6 is 11.8 Å². The molecule has 34 heavy (non-hydrogen) atoms. The van der Waals surface area contributed by atoms with Crippen LogP contribution in [-0.4, -0.2) is 39.1 Å². The van der Waals surface area contributed by atoms with Crippen molar-refractivity contribution in [2.24, 2.45) is 17.3 Å². The summed E-state index contributed by atoms with van der Waals surface area (Å²) in [6.45, 7) is 15.9. The highest BCUT2D eigenvalue weighted by molar-refractivity contribution is 8.07. The average molecular weight is 488 g/mol. The van der Waals surface area contributed by atoms with E-state index in [4.69, 9.17) is 0 Å². The number of hydrogen-bond acceptors (Lipinski definition) is 4. The Bertz CT molecular complexity index is 907. The number of carboxylic acids is 1. The molecule has 0 saturated heterocycles. The van der Waals surface area contributed by atoms with Crippen LogP contribution in [0.25, 0.3) is 0 Å². The molecule has 0 spiro atoms. The summed E-state index contributed by atoms with van der Waals surface area (Å²) < 4.78 is 0. The minimum absolute atomic E-state index is 0.0329. The van der Waals surface area contributed by atoms with Crippen LogP contribution in [0.1, 0.15) is 86.5 Å². The fourth-order valence-electron chi connectivity index (χ4n) is 4.72. The Labute approximate surface area is 209 Å². The summed E-state index contributed by atoms with van der Waals surface area (Å²) >= 11 is 1.02. The van der Waals surface area contributed by atoms with Gasteiger partial charge >= 0.3 is 5.97 Å². The minimum atomic E-state index is -1.08. The minimum Gasteiger partial charge on any atom is -0.477 e. The van der Waals surface area contributed by atoms with Crippen molar-refractivity contribution in [3.05, 3.63) is 33.7 Å². The van der Waals surface area contributed by atoms with Crippen molar-refractivity contribution >= 4 is 23.6 Å². The number of rotatable bonds is 7. The number of carbonyl (C=O) groups is 2. The van der Waals surface area contributed by atoms with Gasteiger partial charge in [0.25, 0.3) is 0 Å². The van der Waals surface area contributed by atoms with Crippen LogP contribution in [0.15, 0.2) is 33.7 Å². The zero-order valence-electron chi connectivity index (χ0n) is 21.6. The van der Waals surface area contributed by atoms with E-state index in [0.717, 1.165) is 24.6 Å². The molecule has 1 amide bonds. The first-order valence-electron chi connectivity index (χ1n) is 12.3. The monoisotopic (exact) mass is 487 g/mol. The van der Waals surface area contributed by atoms with Gasteiger partial charge < -0.3 is 15.1 Å². The van der Waals surface area contributed by atoms with Crippen molar-refractivity contribution in [3.63, 3.8) is 0 Å². The molecule has 2 atom stereocenters. The van der Waals surface area contributed by atoms with E-state index in [0.29, 0.717) is 48.6 Å². The molecule has 1 saturated carbocycles. The lowest BCUT2D eigenvalue weighted by Crippen LogP contribution is -2.43. The van der Waals surface area contributed by atoms with E-state index in [1.165, 1.54) is 5.57 Å². The van der Waals surface area contributed by atoms with Crippen LogP contribution in [0.3, 0.4) is 0 Å². The lowest BCUT2D eigenvalue weighted by Gasteiger charge is -2.38. The van der Waals surface area contributed by atoms with Crippen molar-refractivity contribution in [3.8, 4) is 11.8 Å². The predicted octanol–water partition coefficient (Wildman–Crippen LogP) is 6.11. The number of carboxylic acid groups (broad SMARTS) is 1. The van der Waals surface area contributed by atoms with Crippen molar-refractivity contribution in [1.82, 2.24) is 4.90 Å². The van der Waals surface area contributed by atoms with E-state index in [-0.39, 0.29) is 34.3 Å².